The summed E-state index contributed by atoms with van der Waals surface area (Å²) in [6, 6.07) is 12.2. The fourth-order valence-electron chi connectivity index (χ4n) is 2.09. The molecule has 2 atom stereocenters. The summed E-state index contributed by atoms with van der Waals surface area (Å²) in [7, 11) is 0. The number of hydrogen-bond acceptors (Lipinski definition) is 2. The molecule has 0 saturated carbocycles. The van der Waals surface area contributed by atoms with Gasteiger partial charge in [0.15, 0.2) is 11.6 Å². The normalized spacial score (nSPS) is 13.8. The lowest BCUT2D eigenvalue weighted by Gasteiger charge is -2.12. The van der Waals surface area contributed by atoms with E-state index in [1.54, 1.807) is 19.1 Å². The number of benzene rings is 2. The molecule has 0 aromatic heterocycles. The Bertz CT molecular complexity index is 591. The van der Waals surface area contributed by atoms with Crippen LogP contribution in [-0.2, 0) is 0 Å². The number of rotatable bonds is 5. The molecule has 0 spiro atoms. The molecule has 2 nitrogen and oxygen atoms in total. The summed E-state index contributed by atoms with van der Waals surface area (Å²) in [6.45, 7) is 5.92. The second kappa shape index (κ2) is 6.72. The molecule has 0 saturated heterocycles. The molecule has 2 rings (SSSR count). The topological polar surface area (TPSA) is 29.5 Å². The number of hydrogen-bond donors (Lipinski definition) is 1. The van der Waals surface area contributed by atoms with Gasteiger partial charge in [0.2, 0.25) is 0 Å². The van der Waals surface area contributed by atoms with Crippen molar-refractivity contribution >= 4 is 0 Å². The van der Waals surface area contributed by atoms with Crippen LogP contribution in [0.25, 0.3) is 0 Å². The largest absolute Gasteiger partial charge is 0.454 e. The van der Waals surface area contributed by atoms with Crippen LogP contribution < -0.4 is 4.74 Å². The quantitative estimate of drug-likeness (QED) is 0.821. The van der Waals surface area contributed by atoms with Gasteiger partial charge in [0.05, 0.1) is 6.10 Å². The van der Waals surface area contributed by atoms with Crippen molar-refractivity contribution in [2.75, 3.05) is 0 Å². The van der Waals surface area contributed by atoms with Crippen molar-refractivity contribution in [2.24, 2.45) is 0 Å². The Morgan fingerprint density at radius 2 is 1.67 bits per heavy atom. The van der Waals surface area contributed by atoms with Crippen molar-refractivity contribution in [1.82, 2.24) is 0 Å². The van der Waals surface area contributed by atoms with Crippen LogP contribution >= 0.6 is 0 Å². The minimum atomic E-state index is -0.691. The molecular formula is C18H21FO2. The number of aliphatic hydroxyl groups is 1. The Kier molecular flexibility index (Phi) is 4.97. The first-order valence-electron chi connectivity index (χ1n) is 7.26. The number of aliphatic hydroxyl groups excluding tert-OH is 1. The number of ether oxygens (including phenoxy) is 1. The van der Waals surface area contributed by atoms with Gasteiger partial charge in [0, 0.05) is 0 Å². The van der Waals surface area contributed by atoms with Crippen molar-refractivity contribution < 1.29 is 14.2 Å². The van der Waals surface area contributed by atoms with Crippen LogP contribution in [0.4, 0.5) is 4.39 Å². The number of halogens is 1. The van der Waals surface area contributed by atoms with E-state index in [9.17, 15) is 9.50 Å². The van der Waals surface area contributed by atoms with Crippen molar-refractivity contribution in [2.45, 2.75) is 39.2 Å². The van der Waals surface area contributed by atoms with E-state index in [0.717, 1.165) is 6.42 Å². The lowest BCUT2D eigenvalue weighted by atomic mass is 9.99. The average molecular weight is 288 g/mol. The van der Waals surface area contributed by atoms with Crippen molar-refractivity contribution in [3.8, 4) is 11.5 Å². The fraction of sp³-hybridized carbons (Fsp3) is 0.333. The highest BCUT2D eigenvalue weighted by molar-refractivity contribution is 5.36. The van der Waals surface area contributed by atoms with E-state index >= 15 is 0 Å². The summed E-state index contributed by atoms with van der Waals surface area (Å²) in [5.41, 5.74) is 1.78. The van der Waals surface area contributed by atoms with Gasteiger partial charge in [-0.1, -0.05) is 32.0 Å². The highest BCUT2D eigenvalue weighted by atomic mass is 19.1. The predicted molar refractivity (Wildman–Crippen MR) is 82.3 cm³/mol. The minimum absolute atomic E-state index is 0.163. The maximum atomic E-state index is 13.9. The van der Waals surface area contributed by atoms with Crippen molar-refractivity contribution in [3.05, 3.63) is 59.4 Å². The molecule has 21 heavy (non-hydrogen) atoms. The third kappa shape index (κ3) is 3.82. The van der Waals surface area contributed by atoms with Crippen LogP contribution in [0.15, 0.2) is 42.5 Å². The van der Waals surface area contributed by atoms with E-state index in [0.29, 0.717) is 17.2 Å². The SMILES string of the molecule is CCC(C)c1ccc(Oc2ccc([C@H](C)O)cc2F)cc1. The Morgan fingerprint density at radius 3 is 2.19 bits per heavy atom. The fourth-order valence-corrected chi connectivity index (χ4v) is 2.09. The molecule has 0 aliphatic carbocycles. The minimum Gasteiger partial charge on any atom is -0.454 e. The standard InChI is InChI=1S/C18H21FO2/c1-4-12(2)14-5-8-16(9-6-14)21-18-10-7-15(13(3)20)11-17(18)19/h5-13,20H,4H2,1-3H3/t12?,13-/m0/s1. The van der Waals surface area contributed by atoms with E-state index in [2.05, 4.69) is 13.8 Å². The summed E-state index contributed by atoms with van der Waals surface area (Å²) in [5.74, 6) is 0.793. The Morgan fingerprint density at radius 1 is 1.05 bits per heavy atom. The van der Waals surface area contributed by atoms with Gasteiger partial charge in [0.25, 0.3) is 0 Å². The lowest BCUT2D eigenvalue weighted by Crippen LogP contribution is -1.95. The molecule has 3 heteroatoms. The molecule has 2 aromatic carbocycles. The molecule has 2 aromatic rings. The van der Waals surface area contributed by atoms with Gasteiger partial charge in [0.1, 0.15) is 5.75 Å². The molecule has 0 aliphatic rings. The third-order valence-electron chi connectivity index (χ3n) is 3.73. The van der Waals surface area contributed by atoms with Crippen molar-refractivity contribution in [3.63, 3.8) is 0 Å². The van der Waals surface area contributed by atoms with Crippen LogP contribution in [0.1, 0.15) is 50.3 Å². The summed E-state index contributed by atoms with van der Waals surface area (Å²) >= 11 is 0. The van der Waals surface area contributed by atoms with E-state index in [-0.39, 0.29) is 5.75 Å². The smallest absolute Gasteiger partial charge is 0.166 e. The Hall–Kier alpha value is -1.87. The van der Waals surface area contributed by atoms with E-state index < -0.39 is 11.9 Å². The van der Waals surface area contributed by atoms with Crippen LogP contribution in [0, 0.1) is 5.82 Å². The summed E-state index contributed by atoms with van der Waals surface area (Å²) in [5, 5.41) is 9.43. The molecule has 0 bridgehead atoms. The summed E-state index contributed by atoms with van der Waals surface area (Å²) < 4.78 is 19.5. The maximum absolute atomic E-state index is 13.9. The highest BCUT2D eigenvalue weighted by Crippen LogP contribution is 2.28. The molecular weight excluding hydrogens is 267 g/mol. The highest BCUT2D eigenvalue weighted by Gasteiger charge is 2.09. The lowest BCUT2D eigenvalue weighted by molar-refractivity contribution is 0.198. The summed E-state index contributed by atoms with van der Waals surface area (Å²) in [4.78, 5) is 0. The molecule has 0 aliphatic heterocycles. The Balaban J connectivity index is 2.15. The van der Waals surface area contributed by atoms with E-state index in [1.807, 2.05) is 24.3 Å². The second-order valence-electron chi connectivity index (χ2n) is 5.35. The van der Waals surface area contributed by atoms with Gasteiger partial charge in [-0.05, 0) is 54.7 Å². The first-order valence-corrected chi connectivity index (χ1v) is 7.26. The maximum Gasteiger partial charge on any atom is 0.166 e. The zero-order valence-electron chi connectivity index (χ0n) is 12.6. The molecule has 0 amide bonds. The van der Waals surface area contributed by atoms with Gasteiger partial charge >= 0.3 is 0 Å². The third-order valence-corrected chi connectivity index (χ3v) is 3.73. The van der Waals surface area contributed by atoms with E-state index in [1.165, 1.54) is 11.6 Å². The van der Waals surface area contributed by atoms with Crippen LogP contribution in [0.2, 0.25) is 0 Å². The molecule has 1 N–H and O–H groups in total. The zero-order valence-corrected chi connectivity index (χ0v) is 12.6. The van der Waals surface area contributed by atoms with Crippen LogP contribution in [-0.4, -0.2) is 5.11 Å². The average Bonchev–Trinajstić information content (AvgIpc) is 2.49. The van der Waals surface area contributed by atoms with Crippen molar-refractivity contribution in [1.29, 1.82) is 0 Å². The van der Waals surface area contributed by atoms with E-state index in [4.69, 9.17) is 4.74 Å². The van der Waals surface area contributed by atoms with Gasteiger partial charge in [-0.15, -0.1) is 0 Å². The molecule has 112 valence electrons. The molecule has 0 radical (unpaired) electrons. The van der Waals surface area contributed by atoms with Gasteiger partial charge in [-0.3, -0.25) is 0 Å². The molecule has 0 fully saturated rings. The zero-order chi connectivity index (χ0) is 15.4. The Labute approximate surface area is 125 Å². The predicted octanol–water partition coefficient (Wildman–Crippen LogP) is 5.18. The van der Waals surface area contributed by atoms with Gasteiger partial charge in [-0.2, -0.15) is 0 Å². The van der Waals surface area contributed by atoms with Gasteiger partial charge < -0.3 is 9.84 Å². The van der Waals surface area contributed by atoms with Gasteiger partial charge in [-0.25, -0.2) is 4.39 Å². The monoisotopic (exact) mass is 288 g/mol. The first kappa shape index (κ1) is 15.5. The van der Waals surface area contributed by atoms with Crippen LogP contribution in [0.5, 0.6) is 11.5 Å². The second-order valence-corrected chi connectivity index (χ2v) is 5.35. The molecule has 1 unspecified atom stereocenters. The summed E-state index contributed by atoms with van der Waals surface area (Å²) in [6.07, 6.45) is 0.388. The van der Waals surface area contributed by atoms with Crippen LogP contribution in [0.3, 0.4) is 0 Å². The molecule has 0 heterocycles. The first-order chi connectivity index (χ1) is 10.0.